The molecule has 0 radical (unpaired) electrons. The monoisotopic (exact) mass is 264 g/mol. The zero-order chi connectivity index (χ0) is 13.7. The topological polar surface area (TPSA) is 87.8 Å². The summed E-state index contributed by atoms with van der Waals surface area (Å²) in [6.07, 6.45) is 3.83. The second-order valence-electron chi connectivity index (χ2n) is 4.36. The molecule has 2 aromatic heterocycles. The Bertz CT molecular complexity index is 520. The van der Waals surface area contributed by atoms with Crippen LogP contribution < -0.4 is 10.6 Å². The summed E-state index contributed by atoms with van der Waals surface area (Å²) in [5.41, 5.74) is 0.717. The number of H-pyrrole nitrogens is 1. The van der Waals surface area contributed by atoms with Crippen molar-refractivity contribution in [3.63, 3.8) is 0 Å². The number of nitrogens with zero attached hydrogens (tertiary/aromatic N) is 3. The average Bonchev–Trinajstić information content (AvgIpc) is 2.87. The molecule has 1 unspecified atom stereocenters. The predicted molar refractivity (Wildman–Crippen MR) is 75.4 cm³/mol. The molecule has 19 heavy (non-hydrogen) atoms. The van der Waals surface area contributed by atoms with Crippen LogP contribution in [0.1, 0.15) is 19.8 Å². The molecule has 3 N–H and O–H groups in total. The van der Waals surface area contributed by atoms with Crippen LogP contribution in [-0.2, 0) is 4.74 Å². The first-order valence-electron chi connectivity index (χ1n) is 6.42. The molecule has 7 heteroatoms. The van der Waals surface area contributed by atoms with E-state index in [0.29, 0.717) is 12.6 Å². The Morgan fingerprint density at radius 1 is 1.42 bits per heavy atom. The molecule has 0 amide bonds. The van der Waals surface area contributed by atoms with Crippen molar-refractivity contribution < 1.29 is 4.74 Å². The molecule has 0 bridgehead atoms. The number of aromatic nitrogens is 4. The maximum Gasteiger partial charge on any atom is 0.226 e. The second-order valence-corrected chi connectivity index (χ2v) is 4.36. The van der Waals surface area contributed by atoms with Gasteiger partial charge in [-0.2, -0.15) is 15.1 Å². The van der Waals surface area contributed by atoms with Crippen molar-refractivity contribution in [2.24, 2.45) is 0 Å². The summed E-state index contributed by atoms with van der Waals surface area (Å²) < 4.78 is 5.23. The van der Waals surface area contributed by atoms with Crippen LogP contribution in [0.5, 0.6) is 0 Å². The van der Waals surface area contributed by atoms with Gasteiger partial charge in [-0.05, 0) is 6.42 Å². The molecule has 0 aliphatic carbocycles. The lowest BCUT2D eigenvalue weighted by Crippen LogP contribution is -2.25. The van der Waals surface area contributed by atoms with Crippen molar-refractivity contribution in [3.8, 4) is 0 Å². The van der Waals surface area contributed by atoms with Crippen LogP contribution in [0.2, 0.25) is 0 Å². The first-order valence-corrected chi connectivity index (χ1v) is 6.42. The maximum absolute atomic E-state index is 5.23. The van der Waals surface area contributed by atoms with Crippen molar-refractivity contribution in [3.05, 3.63) is 6.20 Å². The quantitative estimate of drug-likeness (QED) is 0.704. The van der Waals surface area contributed by atoms with Gasteiger partial charge >= 0.3 is 0 Å². The van der Waals surface area contributed by atoms with Crippen molar-refractivity contribution in [1.82, 2.24) is 20.2 Å². The lowest BCUT2D eigenvalue weighted by Gasteiger charge is -2.18. The Kier molecular flexibility index (Phi) is 4.51. The molecular weight excluding hydrogens is 244 g/mol. The summed E-state index contributed by atoms with van der Waals surface area (Å²) in [5, 5.41) is 14.1. The van der Waals surface area contributed by atoms with Gasteiger partial charge in [0, 0.05) is 14.2 Å². The van der Waals surface area contributed by atoms with Gasteiger partial charge in [0.2, 0.25) is 5.95 Å². The lowest BCUT2D eigenvalue weighted by atomic mass is 10.2. The first-order chi connectivity index (χ1) is 9.28. The Hall–Kier alpha value is -1.89. The molecular formula is C12H20N6O. The molecule has 2 rings (SSSR count). The van der Waals surface area contributed by atoms with Gasteiger partial charge in [0.1, 0.15) is 5.82 Å². The highest BCUT2D eigenvalue weighted by Gasteiger charge is 2.13. The summed E-state index contributed by atoms with van der Waals surface area (Å²) in [5.74, 6) is 1.34. The predicted octanol–water partition coefficient (Wildman–Crippen LogP) is 1.62. The van der Waals surface area contributed by atoms with Crippen molar-refractivity contribution in [2.45, 2.75) is 25.8 Å². The number of nitrogens with one attached hydrogen (secondary N) is 3. The molecule has 7 nitrogen and oxygen atoms in total. The Morgan fingerprint density at radius 3 is 2.95 bits per heavy atom. The summed E-state index contributed by atoms with van der Waals surface area (Å²) in [4.78, 5) is 8.75. The average molecular weight is 264 g/mol. The Labute approximate surface area is 112 Å². The van der Waals surface area contributed by atoms with Gasteiger partial charge in [-0.1, -0.05) is 13.3 Å². The van der Waals surface area contributed by atoms with E-state index in [-0.39, 0.29) is 6.04 Å². The van der Waals surface area contributed by atoms with Crippen molar-refractivity contribution in [1.29, 1.82) is 0 Å². The highest BCUT2D eigenvalue weighted by Crippen LogP contribution is 2.21. The summed E-state index contributed by atoms with van der Waals surface area (Å²) in [6.45, 7) is 2.79. The fourth-order valence-electron chi connectivity index (χ4n) is 2.00. The maximum atomic E-state index is 5.23. The Balaban J connectivity index is 2.28. The third-order valence-corrected chi connectivity index (χ3v) is 2.88. The van der Waals surface area contributed by atoms with Gasteiger partial charge < -0.3 is 15.4 Å². The SMILES string of the molecule is CCCC(COC)Nc1nc(NC)nc2[nH]ncc12. The zero-order valence-corrected chi connectivity index (χ0v) is 11.5. The van der Waals surface area contributed by atoms with Crippen LogP contribution in [0, 0.1) is 0 Å². The molecule has 0 saturated heterocycles. The molecule has 0 aliphatic rings. The molecule has 0 spiro atoms. The van der Waals surface area contributed by atoms with E-state index in [0.717, 1.165) is 29.7 Å². The Morgan fingerprint density at radius 2 is 2.26 bits per heavy atom. The minimum Gasteiger partial charge on any atom is -0.383 e. The van der Waals surface area contributed by atoms with Gasteiger partial charge in [0.05, 0.1) is 24.2 Å². The van der Waals surface area contributed by atoms with Gasteiger partial charge in [-0.25, -0.2) is 0 Å². The minimum absolute atomic E-state index is 0.229. The summed E-state index contributed by atoms with van der Waals surface area (Å²) >= 11 is 0. The number of fused-ring (bicyclic) bond motifs is 1. The smallest absolute Gasteiger partial charge is 0.226 e. The molecule has 1 atom stereocenters. The zero-order valence-electron chi connectivity index (χ0n) is 11.5. The minimum atomic E-state index is 0.229. The molecule has 0 aliphatic heterocycles. The summed E-state index contributed by atoms with van der Waals surface area (Å²) in [6, 6.07) is 0.229. The van der Waals surface area contributed by atoms with E-state index in [1.165, 1.54) is 0 Å². The third-order valence-electron chi connectivity index (χ3n) is 2.88. The van der Waals surface area contributed by atoms with E-state index < -0.39 is 0 Å². The van der Waals surface area contributed by atoms with Crippen molar-refractivity contribution >= 4 is 22.8 Å². The molecule has 104 valence electrons. The lowest BCUT2D eigenvalue weighted by molar-refractivity contribution is 0.182. The van der Waals surface area contributed by atoms with E-state index in [4.69, 9.17) is 4.74 Å². The number of aromatic amines is 1. The van der Waals surface area contributed by atoms with Crippen LogP contribution in [0.25, 0.3) is 11.0 Å². The van der Waals surface area contributed by atoms with Gasteiger partial charge in [0.15, 0.2) is 5.65 Å². The molecule has 0 saturated carbocycles. The fourth-order valence-corrected chi connectivity index (χ4v) is 2.00. The number of hydrogen-bond acceptors (Lipinski definition) is 6. The largest absolute Gasteiger partial charge is 0.383 e. The number of methoxy groups -OCH3 is 1. The fraction of sp³-hybridized carbons (Fsp3) is 0.583. The first kappa shape index (κ1) is 13.5. The molecule has 2 heterocycles. The van der Waals surface area contributed by atoms with Crippen LogP contribution in [0.15, 0.2) is 6.20 Å². The van der Waals surface area contributed by atoms with Crippen LogP contribution in [0.3, 0.4) is 0 Å². The summed E-state index contributed by atoms with van der Waals surface area (Å²) in [7, 11) is 3.50. The number of rotatable bonds is 7. The van der Waals surface area contributed by atoms with Gasteiger partial charge in [-0.15, -0.1) is 0 Å². The van der Waals surface area contributed by atoms with Crippen molar-refractivity contribution in [2.75, 3.05) is 31.4 Å². The van der Waals surface area contributed by atoms with E-state index >= 15 is 0 Å². The van der Waals surface area contributed by atoms with Crippen LogP contribution >= 0.6 is 0 Å². The highest BCUT2D eigenvalue weighted by atomic mass is 16.5. The second kappa shape index (κ2) is 6.33. The number of anilines is 2. The van der Waals surface area contributed by atoms with E-state index in [1.54, 1.807) is 20.4 Å². The van der Waals surface area contributed by atoms with Crippen LogP contribution in [0.4, 0.5) is 11.8 Å². The number of ether oxygens (including phenoxy) is 1. The normalized spacial score (nSPS) is 12.6. The molecule has 2 aromatic rings. The molecule has 0 fully saturated rings. The standard InChI is InChI=1S/C12H20N6O/c1-4-5-8(7-19-3)15-10-9-6-14-18-11(9)17-12(13-2)16-10/h6,8H,4-5,7H2,1-3H3,(H3,13,14,15,16,17,18). The van der Waals surface area contributed by atoms with E-state index in [2.05, 4.69) is 37.7 Å². The van der Waals surface area contributed by atoms with E-state index in [9.17, 15) is 0 Å². The number of hydrogen-bond donors (Lipinski definition) is 3. The third kappa shape index (κ3) is 3.11. The molecule has 0 aromatic carbocycles. The van der Waals surface area contributed by atoms with E-state index in [1.807, 2.05) is 0 Å². The highest BCUT2D eigenvalue weighted by molar-refractivity contribution is 5.87. The van der Waals surface area contributed by atoms with Gasteiger partial charge in [-0.3, -0.25) is 5.10 Å². The van der Waals surface area contributed by atoms with Crippen LogP contribution in [-0.4, -0.2) is 47.0 Å². The van der Waals surface area contributed by atoms with Gasteiger partial charge in [0.25, 0.3) is 0 Å².